The monoisotopic (exact) mass is 312 g/mol. The summed E-state index contributed by atoms with van der Waals surface area (Å²) in [6, 6.07) is 15.0. The van der Waals surface area contributed by atoms with Crippen LogP contribution >= 0.6 is 11.8 Å². The summed E-state index contributed by atoms with van der Waals surface area (Å²) in [5.41, 5.74) is 0. The lowest BCUT2D eigenvalue weighted by molar-refractivity contribution is 0.344. The smallest absolute Gasteiger partial charge is 0.209 e. The van der Waals surface area contributed by atoms with Gasteiger partial charge in [0.15, 0.2) is 0 Å². The maximum atomic E-state index is 5.83. The second kappa shape index (κ2) is 5.96. The van der Waals surface area contributed by atoms with E-state index < -0.39 is 0 Å². The molecule has 1 aromatic heterocycles. The third kappa shape index (κ3) is 2.92. The molecule has 0 amide bonds. The molecule has 1 aliphatic carbocycles. The lowest BCUT2D eigenvalue weighted by Crippen LogP contribution is -2.03. The number of thioether (sulfide) groups is 1. The van der Waals surface area contributed by atoms with Crippen LogP contribution in [0.3, 0.4) is 0 Å². The van der Waals surface area contributed by atoms with Gasteiger partial charge in [-0.25, -0.2) is 4.68 Å². The van der Waals surface area contributed by atoms with Crippen molar-refractivity contribution in [2.24, 2.45) is 0 Å². The molecule has 0 aliphatic heterocycles. The minimum Gasteiger partial charge on any atom is -0.493 e. The van der Waals surface area contributed by atoms with Crippen molar-refractivity contribution in [2.45, 2.75) is 24.0 Å². The van der Waals surface area contributed by atoms with Gasteiger partial charge in [0.1, 0.15) is 5.75 Å². The molecule has 0 spiro atoms. The Kier molecular flexibility index (Phi) is 3.68. The largest absolute Gasteiger partial charge is 0.493 e. The third-order valence-electron chi connectivity index (χ3n) is 3.66. The molecular weight excluding hydrogens is 296 g/mol. The highest BCUT2D eigenvalue weighted by atomic mass is 32.2. The summed E-state index contributed by atoms with van der Waals surface area (Å²) in [4.78, 5) is 0. The van der Waals surface area contributed by atoms with Crippen LogP contribution in [0.2, 0.25) is 0 Å². The first-order valence-corrected chi connectivity index (χ1v) is 8.41. The first kappa shape index (κ1) is 13.6. The molecule has 1 heterocycles. The summed E-state index contributed by atoms with van der Waals surface area (Å²) in [5.74, 6) is 1.74. The van der Waals surface area contributed by atoms with E-state index in [0.29, 0.717) is 12.6 Å². The molecule has 1 fully saturated rings. The molecule has 3 aromatic rings. The van der Waals surface area contributed by atoms with Crippen molar-refractivity contribution >= 4 is 22.5 Å². The van der Waals surface area contributed by atoms with E-state index in [1.165, 1.54) is 23.6 Å². The summed E-state index contributed by atoms with van der Waals surface area (Å²) in [5, 5.41) is 15.2. The van der Waals surface area contributed by atoms with E-state index in [2.05, 4.69) is 39.8 Å². The maximum Gasteiger partial charge on any atom is 0.209 e. The van der Waals surface area contributed by atoms with Crippen LogP contribution in [-0.4, -0.2) is 32.6 Å². The van der Waals surface area contributed by atoms with Crippen LogP contribution < -0.4 is 4.74 Å². The minimum absolute atomic E-state index is 0.513. The van der Waals surface area contributed by atoms with E-state index in [0.717, 1.165) is 16.7 Å². The Hall–Kier alpha value is -2.08. The third-order valence-corrected chi connectivity index (χ3v) is 4.56. The van der Waals surface area contributed by atoms with E-state index in [9.17, 15) is 0 Å². The maximum absolute atomic E-state index is 5.83. The summed E-state index contributed by atoms with van der Waals surface area (Å²) in [6.07, 6.45) is 2.37. The summed E-state index contributed by atoms with van der Waals surface area (Å²) in [6.45, 7) is 0.639. The Morgan fingerprint density at radius 3 is 2.86 bits per heavy atom. The molecule has 2 aromatic carbocycles. The van der Waals surface area contributed by atoms with Gasteiger partial charge >= 0.3 is 0 Å². The van der Waals surface area contributed by atoms with Gasteiger partial charge in [0.25, 0.3) is 0 Å². The van der Waals surface area contributed by atoms with E-state index in [-0.39, 0.29) is 0 Å². The number of hydrogen-bond donors (Lipinski definition) is 0. The Morgan fingerprint density at radius 2 is 2.00 bits per heavy atom. The van der Waals surface area contributed by atoms with Crippen molar-refractivity contribution in [1.82, 2.24) is 20.2 Å². The van der Waals surface area contributed by atoms with Crippen molar-refractivity contribution in [3.05, 3.63) is 42.5 Å². The van der Waals surface area contributed by atoms with Gasteiger partial charge in [-0.1, -0.05) is 42.1 Å². The topological polar surface area (TPSA) is 52.8 Å². The fourth-order valence-electron chi connectivity index (χ4n) is 2.38. The Balaban J connectivity index is 1.33. The molecule has 112 valence electrons. The number of benzene rings is 2. The highest BCUT2D eigenvalue weighted by molar-refractivity contribution is 7.99. The molecule has 0 unspecified atom stereocenters. The number of tetrazole rings is 1. The normalized spacial score (nSPS) is 14.4. The Morgan fingerprint density at radius 1 is 1.14 bits per heavy atom. The number of aromatic nitrogens is 4. The van der Waals surface area contributed by atoms with Gasteiger partial charge in [-0.3, -0.25) is 0 Å². The predicted octanol–water partition coefficient (Wildman–Crippen LogP) is 3.33. The van der Waals surface area contributed by atoms with Crippen LogP contribution in [0.5, 0.6) is 5.75 Å². The lowest BCUT2D eigenvalue weighted by atomic mass is 10.1. The van der Waals surface area contributed by atoms with Crippen molar-refractivity contribution in [3.8, 4) is 5.75 Å². The number of nitrogens with zero attached hydrogens (tertiary/aromatic N) is 4. The van der Waals surface area contributed by atoms with Gasteiger partial charge in [-0.2, -0.15) is 0 Å². The van der Waals surface area contributed by atoms with Crippen molar-refractivity contribution in [1.29, 1.82) is 0 Å². The lowest BCUT2D eigenvalue weighted by Gasteiger charge is -2.07. The molecule has 4 rings (SSSR count). The average molecular weight is 312 g/mol. The fourth-order valence-corrected chi connectivity index (χ4v) is 3.14. The number of hydrogen-bond acceptors (Lipinski definition) is 5. The minimum atomic E-state index is 0.513. The van der Waals surface area contributed by atoms with Crippen LogP contribution in [0.1, 0.15) is 18.9 Å². The fraction of sp³-hybridized carbons (Fsp3) is 0.312. The molecule has 1 saturated carbocycles. The molecule has 0 saturated heterocycles. The van der Waals surface area contributed by atoms with Gasteiger partial charge in [0.2, 0.25) is 5.16 Å². The van der Waals surface area contributed by atoms with E-state index >= 15 is 0 Å². The summed E-state index contributed by atoms with van der Waals surface area (Å²) >= 11 is 1.65. The summed E-state index contributed by atoms with van der Waals surface area (Å²) in [7, 11) is 0. The highest BCUT2D eigenvalue weighted by Crippen LogP contribution is 2.36. The van der Waals surface area contributed by atoms with Crippen LogP contribution in [-0.2, 0) is 0 Å². The molecule has 5 nitrogen and oxygen atoms in total. The van der Waals surface area contributed by atoms with E-state index in [4.69, 9.17) is 4.74 Å². The first-order valence-electron chi connectivity index (χ1n) is 7.42. The highest BCUT2D eigenvalue weighted by Gasteiger charge is 2.27. The molecule has 22 heavy (non-hydrogen) atoms. The standard InChI is InChI=1S/C16H16N4OS/c1-2-4-13-11-15(8-5-12(13)3-1)21-9-10-22-16-17-18-19-20(16)14-6-7-14/h1-5,8,11,14H,6-7,9-10H2. The zero-order valence-electron chi connectivity index (χ0n) is 12.1. The molecule has 1 aliphatic rings. The Labute approximate surface area is 132 Å². The zero-order chi connectivity index (χ0) is 14.8. The molecule has 6 heteroatoms. The van der Waals surface area contributed by atoms with Crippen LogP contribution in [0.15, 0.2) is 47.6 Å². The van der Waals surface area contributed by atoms with Crippen molar-refractivity contribution < 1.29 is 4.74 Å². The Bertz CT molecular complexity index is 784. The average Bonchev–Trinajstić information content (AvgIpc) is 3.30. The second-order valence-corrected chi connectivity index (χ2v) is 6.41. The molecule has 0 bridgehead atoms. The number of ether oxygens (including phenoxy) is 1. The quantitative estimate of drug-likeness (QED) is 0.516. The number of rotatable bonds is 6. The molecular formula is C16H16N4OS. The zero-order valence-corrected chi connectivity index (χ0v) is 12.9. The molecule has 0 radical (unpaired) electrons. The van der Waals surface area contributed by atoms with Crippen molar-refractivity contribution in [2.75, 3.05) is 12.4 Å². The van der Waals surface area contributed by atoms with Gasteiger partial charge in [-0.05, 0) is 46.2 Å². The van der Waals surface area contributed by atoms with Crippen LogP contribution in [0, 0.1) is 0 Å². The SMILES string of the molecule is c1ccc2cc(OCCSc3nnnn3C3CC3)ccc2c1. The second-order valence-electron chi connectivity index (χ2n) is 5.34. The van der Waals surface area contributed by atoms with Gasteiger partial charge < -0.3 is 4.74 Å². The molecule has 0 N–H and O–H groups in total. The van der Waals surface area contributed by atoms with E-state index in [1.807, 2.05) is 22.9 Å². The van der Waals surface area contributed by atoms with Gasteiger partial charge in [0, 0.05) is 5.75 Å². The van der Waals surface area contributed by atoms with Gasteiger partial charge in [-0.15, -0.1) is 5.10 Å². The van der Waals surface area contributed by atoms with Gasteiger partial charge in [0.05, 0.1) is 12.6 Å². The first-order chi connectivity index (χ1) is 10.9. The van der Waals surface area contributed by atoms with Crippen molar-refractivity contribution in [3.63, 3.8) is 0 Å². The number of fused-ring (bicyclic) bond motifs is 1. The summed E-state index contributed by atoms with van der Waals surface area (Å²) < 4.78 is 7.76. The predicted molar refractivity (Wildman–Crippen MR) is 86.3 cm³/mol. The van der Waals surface area contributed by atoms with Crippen LogP contribution in [0.25, 0.3) is 10.8 Å². The molecule has 0 atom stereocenters. The van der Waals surface area contributed by atoms with E-state index in [1.54, 1.807) is 11.8 Å². The van der Waals surface area contributed by atoms with Crippen LogP contribution in [0.4, 0.5) is 0 Å².